The fourth-order valence-corrected chi connectivity index (χ4v) is 2.77. The summed E-state index contributed by atoms with van der Waals surface area (Å²) >= 11 is 0. The molecule has 0 aromatic carbocycles. The van der Waals surface area contributed by atoms with E-state index in [2.05, 4.69) is 42.5 Å². The average Bonchev–Trinajstić information content (AvgIpc) is 2.36. The normalized spacial score (nSPS) is 19.4. The van der Waals surface area contributed by atoms with Crippen molar-refractivity contribution < 1.29 is 0 Å². The highest BCUT2D eigenvalue weighted by atomic mass is 15.2. The van der Waals surface area contributed by atoms with Crippen LogP contribution in [0.1, 0.15) is 33.6 Å². The van der Waals surface area contributed by atoms with Crippen molar-refractivity contribution in [3.05, 3.63) is 0 Å². The van der Waals surface area contributed by atoms with Gasteiger partial charge in [0.15, 0.2) is 0 Å². The van der Waals surface area contributed by atoms with Gasteiger partial charge in [0.25, 0.3) is 0 Å². The van der Waals surface area contributed by atoms with Crippen LogP contribution in [0.3, 0.4) is 0 Å². The Balaban J connectivity index is 2.32. The van der Waals surface area contributed by atoms with Crippen molar-refractivity contribution in [2.45, 2.75) is 39.7 Å². The summed E-state index contributed by atoms with van der Waals surface area (Å²) in [6.07, 6.45) is 2.70. The Morgan fingerprint density at radius 3 is 2.00 bits per heavy atom. The molecule has 1 heterocycles. The quantitative estimate of drug-likeness (QED) is 0.672. The van der Waals surface area contributed by atoms with E-state index in [4.69, 9.17) is 0 Å². The van der Waals surface area contributed by atoms with Gasteiger partial charge < -0.3 is 9.80 Å². The van der Waals surface area contributed by atoms with Crippen LogP contribution in [0, 0.1) is 0 Å². The van der Waals surface area contributed by atoms with E-state index in [1.54, 1.807) is 0 Å². The largest absolute Gasteiger partial charge is 0.306 e. The van der Waals surface area contributed by atoms with Crippen molar-refractivity contribution in [2.75, 3.05) is 52.9 Å². The maximum absolute atomic E-state index is 2.69. The third kappa shape index (κ3) is 4.94. The highest BCUT2D eigenvalue weighted by Gasteiger charge is 2.21. The van der Waals surface area contributed by atoms with Gasteiger partial charge in [-0.15, -0.1) is 0 Å². The fourth-order valence-electron chi connectivity index (χ4n) is 2.77. The molecule has 1 aliphatic rings. The first kappa shape index (κ1) is 14.9. The Kier molecular flexibility index (Phi) is 7.09. The Labute approximate surface area is 108 Å². The lowest BCUT2D eigenvalue weighted by Gasteiger charge is -2.37. The van der Waals surface area contributed by atoms with Crippen LogP contribution in [0.2, 0.25) is 0 Å². The lowest BCUT2D eigenvalue weighted by atomic mass is 10.0. The maximum atomic E-state index is 2.69. The number of rotatable bonds is 7. The van der Waals surface area contributed by atoms with Crippen LogP contribution in [-0.4, -0.2) is 73.6 Å². The van der Waals surface area contributed by atoms with E-state index in [0.717, 1.165) is 6.04 Å². The van der Waals surface area contributed by atoms with Crippen LogP contribution in [0.4, 0.5) is 0 Å². The molecule has 1 aliphatic heterocycles. The van der Waals surface area contributed by atoms with E-state index in [9.17, 15) is 0 Å². The molecule has 1 rings (SSSR count). The second kappa shape index (κ2) is 8.06. The minimum Gasteiger partial charge on any atom is -0.306 e. The van der Waals surface area contributed by atoms with E-state index in [1.165, 1.54) is 58.7 Å². The van der Waals surface area contributed by atoms with Crippen molar-refractivity contribution in [1.29, 1.82) is 0 Å². The Morgan fingerprint density at radius 2 is 1.53 bits per heavy atom. The summed E-state index contributed by atoms with van der Waals surface area (Å²) in [4.78, 5) is 7.66. The Morgan fingerprint density at radius 1 is 0.941 bits per heavy atom. The molecule has 3 heteroatoms. The van der Waals surface area contributed by atoms with Gasteiger partial charge >= 0.3 is 0 Å². The minimum absolute atomic E-state index is 0.826. The predicted molar refractivity (Wildman–Crippen MR) is 75.6 cm³/mol. The molecule has 0 aliphatic carbocycles. The molecule has 0 saturated carbocycles. The smallest absolute Gasteiger partial charge is 0.0120 e. The second-order valence-electron chi connectivity index (χ2n) is 5.19. The zero-order valence-corrected chi connectivity index (χ0v) is 12.3. The molecular weight excluding hydrogens is 210 g/mol. The number of likely N-dealkylation sites (N-methyl/N-ethyl adjacent to an activating group) is 2. The Hall–Kier alpha value is -0.120. The van der Waals surface area contributed by atoms with Crippen molar-refractivity contribution in [3.8, 4) is 0 Å². The second-order valence-corrected chi connectivity index (χ2v) is 5.19. The monoisotopic (exact) mass is 241 g/mol. The summed E-state index contributed by atoms with van der Waals surface area (Å²) in [5.41, 5.74) is 0. The highest BCUT2D eigenvalue weighted by Crippen LogP contribution is 2.15. The van der Waals surface area contributed by atoms with Gasteiger partial charge in [-0.3, -0.25) is 4.90 Å². The van der Waals surface area contributed by atoms with Gasteiger partial charge in [-0.05, 0) is 52.6 Å². The molecule has 0 aromatic rings. The van der Waals surface area contributed by atoms with Gasteiger partial charge in [0.1, 0.15) is 0 Å². The van der Waals surface area contributed by atoms with Crippen LogP contribution < -0.4 is 0 Å². The summed E-state index contributed by atoms with van der Waals surface area (Å²) in [6, 6.07) is 0.826. The van der Waals surface area contributed by atoms with Gasteiger partial charge in [-0.2, -0.15) is 0 Å². The fraction of sp³-hybridized carbons (Fsp3) is 1.00. The lowest BCUT2D eigenvalue weighted by Crippen LogP contribution is -2.46. The molecule has 0 atom stereocenters. The molecular formula is C14H31N3. The molecule has 1 fully saturated rings. The average molecular weight is 241 g/mol. The molecule has 1 saturated heterocycles. The SMILES string of the molecule is CCN(CC)CCN(CC)C1CCN(C)CC1. The molecule has 0 N–H and O–H groups in total. The minimum atomic E-state index is 0.826. The number of likely N-dealkylation sites (tertiary alicyclic amines) is 1. The van der Waals surface area contributed by atoms with Crippen molar-refractivity contribution >= 4 is 0 Å². The van der Waals surface area contributed by atoms with Gasteiger partial charge in [0, 0.05) is 19.1 Å². The molecule has 102 valence electrons. The molecule has 3 nitrogen and oxygen atoms in total. The molecule has 0 bridgehead atoms. The zero-order valence-electron chi connectivity index (χ0n) is 12.3. The van der Waals surface area contributed by atoms with Gasteiger partial charge in [-0.1, -0.05) is 20.8 Å². The van der Waals surface area contributed by atoms with Crippen molar-refractivity contribution in [3.63, 3.8) is 0 Å². The van der Waals surface area contributed by atoms with Crippen LogP contribution in [0.15, 0.2) is 0 Å². The van der Waals surface area contributed by atoms with E-state index in [1.807, 2.05) is 0 Å². The molecule has 0 radical (unpaired) electrons. The first-order valence-corrected chi connectivity index (χ1v) is 7.36. The van der Waals surface area contributed by atoms with E-state index >= 15 is 0 Å². The van der Waals surface area contributed by atoms with E-state index in [0.29, 0.717) is 0 Å². The summed E-state index contributed by atoms with van der Waals surface area (Å²) in [7, 11) is 2.24. The standard InChI is InChI=1S/C14H31N3/c1-5-16(6-2)12-13-17(7-3)14-8-10-15(4)11-9-14/h14H,5-13H2,1-4H3. The topological polar surface area (TPSA) is 9.72 Å². The molecule has 0 unspecified atom stereocenters. The van der Waals surface area contributed by atoms with Gasteiger partial charge in [-0.25, -0.2) is 0 Å². The first-order valence-electron chi connectivity index (χ1n) is 7.36. The number of hydrogen-bond donors (Lipinski definition) is 0. The summed E-state index contributed by atoms with van der Waals surface area (Å²) in [6.45, 7) is 15.4. The van der Waals surface area contributed by atoms with E-state index < -0.39 is 0 Å². The first-order chi connectivity index (χ1) is 8.21. The Bertz CT molecular complexity index is 184. The predicted octanol–water partition coefficient (Wildman–Crippen LogP) is 1.74. The van der Waals surface area contributed by atoms with Crippen molar-refractivity contribution in [1.82, 2.24) is 14.7 Å². The summed E-state index contributed by atoms with van der Waals surface area (Å²) < 4.78 is 0. The molecule has 0 aromatic heterocycles. The van der Waals surface area contributed by atoms with Crippen LogP contribution in [-0.2, 0) is 0 Å². The van der Waals surface area contributed by atoms with Crippen LogP contribution in [0.5, 0.6) is 0 Å². The highest BCUT2D eigenvalue weighted by molar-refractivity contribution is 4.78. The van der Waals surface area contributed by atoms with Gasteiger partial charge in [0.2, 0.25) is 0 Å². The molecule has 0 amide bonds. The van der Waals surface area contributed by atoms with Gasteiger partial charge in [0.05, 0.1) is 0 Å². The van der Waals surface area contributed by atoms with Crippen molar-refractivity contribution in [2.24, 2.45) is 0 Å². The summed E-state index contributed by atoms with van der Waals surface area (Å²) in [5, 5.41) is 0. The zero-order chi connectivity index (χ0) is 12.7. The number of hydrogen-bond acceptors (Lipinski definition) is 3. The third-order valence-electron chi connectivity index (χ3n) is 4.21. The maximum Gasteiger partial charge on any atom is 0.0120 e. The lowest BCUT2D eigenvalue weighted by molar-refractivity contribution is 0.113. The van der Waals surface area contributed by atoms with E-state index in [-0.39, 0.29) is 0 Å². The van der Waals surface area contributed by atoms with Crippen LogP contribution in [0.25, 0.3) is 0 Å². The molecule has 0 spiro atoms. The van der Waals surface area contributed by atoms with Crippen LogP contribution >= 0.6 is 0 Å². The molecule has 17 heavy (non-hydrogen) atoms. The third-order valence-corrected chi connectivity index (χ3v) is 4.21. The number of piperidine rings is 1. The number of nitrogens with zero attached hydrogens (tertiary/aromatic N) is 3. The summed E-state index contributed by atoms with van der Waals surface area (Å²) in [5.74, 6) is 0.